The Labute approximate surface area is 73.5 Å². The van der Waals surface area contributed by atoms with Gasteiger partial charge in [0.05, 0.1) is 8.95 Å². The normalized spacial score (nSPS) is 10.0. The highest BCUT2D eigenvalue weighted by atomic mass is 79.9. The third kappa shape index (κ3) is 1.37. The van der Waals surface area contributed by atoms with Crippen molar-refractivity contribution in [3.8, 4) is 0 Å². The van der Waals surface area contributed by atoms with Crippen LogP contribution in [0.15, 0.2) is 21.1 Å². The van der Waals surface area contributed by atoms with Crippen molar-refractivity contribution in [1.29, 1.82) is 0 Å². The molecule has 0 aromatic heterocycles. The summed E-state index contributed by atoms with van der Waals surface area (Å²) in [5.74, 6) is -0.957. The molecular formula is C6H2Br2F2. The van der Waals surface area contributed by atoms with E-state index in [2.05, 4.69) is 31.9 Å². The van der Waals surface area contributed by atoms with Crippen molar-refractivity contribution in [1.82, 2.24) is 0 Å². The summed E-state index contributed by atoms with van der Waals surface area (Å²) in [7, 11) is 0. The number of rotatable bonds is 0. The van der Waals surface area contributed by atoms with E-state index in [1.807, 2.05) is 0 Å². The highest BCUT2D eigenvalue weighted by Gasteiger charge is 2.07. The average molecular weight is 272 g/mol. The van der Waals surface area contributed by atoms with Crippen LogP contribution in [0.25, 0.3) is 0 Å². The van der Waals surface area contributed by atoms with Gasteiger partial charge in [-0.25, -0.2) is 8.78 Å². The van der Waals surface area contributed by atoms with Gasteiger partial charge in [-0.2, -0.15) is 0 Å². The van der Waals surface area contributed by atoms with E-state index < -0.39 is 11.6 Å². The molecule has 0 unspecified atom stereocenters. The second-order valence-corrected chi connectivity index (χ2v) is 3.24. The maximum Gasteiger partial charge on any atom is 0.138 e. The van der Waals surface area contributed by atoms with Crippen molar-refractivity contribution in [3.05, 3.63) is 32.7 Å². The summed E-state index contributed by atoms with van der Waals surface area (Å²) in [6.07, 6.45) is 0. The molecule has 0 nitrogen and oxygen atoms in total. The first-order valence-corrected chi connectivity index (χ1v) is 4.00. The lowest BCUT2D eigenvalue weighted by molar-refractivity contribution is 0.588. The van der Waals surface area contributed by atoms with Crippen LogP contribution < -0.4 is 0 Å². The highest BCUT2D eigenvalue weighted by Crippen LogP contribution is 2.27. The number of benzene rings is 1. The second kappa shape index (κ2) is 2.96. The van der Waals surface area contributed by atoms with Gasteiger partial charge in [0.1, 0.15) is 11.6 Å². The van der Waals surface area contributed by atoms with E-state index >= 15 is 0 Å². The second-order valence-electron chi connectivity index (χ2n) is 1.66. The molecule has 1 aromatic rings. The number of hydrogen-bond acceptors (Lipinski definition) is 0. The third-order valence-electron chi connectivity index (χ3n) is 0.988. The molecule has 0 aliphatic rings. The largest absolute Gasteiger partial charge is 0.206 e. The van der Waals surface area contributed by atoms with Gasteiger partial charge in [-0.3, -0.25) is 0 Å². The summed E-state index contributed by atoms with van der Waals surface area (Å²) in [6.45, 7) is 0. The predicted molar refractivity (Wildman–Crippen MR) is 41.8 cm³/mol. The Morgan fingerprint density at radius 2 is 1.20 bits per heavy atom. The SMILES string of the molecule is Fc1ccc(F)c(Br)c1Br. The van der Waals surface area contributed by atoms with Gasteiger partial charge < -0.3 is 0 Å². The Morgan fingerprint density at radius 1 is 0.900 bits per heavy atom. The Balaban J connectivity index is 3.34. The molecule has 0 aliphatic carbocycles. The summed E-state index contributed by atoms with van der Waals surface area (Å²) < 4.78 is 25.3. The van der Waals surface area contributed by atoms with Crippen LogP contribution in [0.3, 0.4) is 0 Å². The fourth-order valence-electron chi connectivity index (χ4n) is 0.502. The van der Waals surface area contributed by atoms with Crippen LogP contribution in [0.4, 0.5) is 8.78 Å². The molecule has 0 radical (unpaired) electrons. The highest BCUT2D eigenvalue weighted by molar-refractivity contribution is 9.13. The van der Waals surface area contributed by atoms with E-state index in [0.29, 0.717) is 0 Å². The lowest BCUT2D eigenvalue weighted by Crippen LogP contribution is -1.82. The maximum absolute atomic E-state index is 12.5. The summed E-state index contributed by atoms with van der Waals surface area (Å²) in [6, 6.07) is 2.12. The molecule has 0 bridgehead atoms. The molecule has 4 heteroatoms. The minimum absolute atomic E-state index is 0.118. The molecule has 0 N–H and O–H groups in total. The Morgan fingerprint density at radius 3 is 1.50 bits per heavy atom. The molecule has 0 amide bonds. The van der Waals surface area contributed by atoms with Gasteiger partial charge in [-0.1, -0.05) is 0 Å². The summed E-state index contributed by atoms with van der Waals surface area (Å²) >= 11 is 5.74. The van der Waals surface area contributed by atoms with Crippen LogP contribution in [0, 0.1) is 11.6 Å². The summed E-state index contributed by atoms with van der Waals surface area (Å²) in [4.78, 5) is 0. The lowest BCUT2D eigenvalue weighted by Gasteiger charge is -1.97. The van der Waals surface area contributed by atoms with Crippen molar-refractivity contribution >= 4 is 31.9 Å². The minimum atomic E-state index is -0.478. The zero-order valence-corrected chi connectivity index (χ0v) is 7.84. The molecule has 0 heterocycles. The zero-order valence-electron chi connectivity index (χ0n) is 4.67. The molecule has 1 rings (SSSR count). The van der Waals surface area contributed by atoms with Gasteiger partial charge >= 0.3 is 0 Å². The maximum atomic E-state index is 12.5. The van der Waals surface area contributed by atoms with Crippen molar-refractivity contribution in [3.63, 3.8) is 0 Å². The standard InChI is InChI=1S/C6H2Br2F2/c7-5-3(9)1-2-4(10)6(5)8/h1-2H. The van der Waals surface area contributed by atoms with Gasteiger partial charge in [0, 0.05) is 0 Å². The first kappa shape index (κ1) is 8.14. The molecule has 54 valence electrons. The lowest BCUT2D eigenvalue weighted by atomic mass is 10.3. The van der Waals surface area contributed by atoms with Gasteiger partial charge in [0.15, 0.2) is 0 Å². The van der Waals surface area contributed by atoms with Crippen molar-refractivity contribution in [2.24, 2.45) is 0 Å². The predicted octanol–water partition coefficient (Wildman–Crippen LogP) is 3.49. The van der Waals surface area contributed by atoms with Crippen molar-refractivity contribution < 1.29 is 8.78 Å². The van der Waals surface area contributed by atoms with E-state index in [-0.39, 0.29) is 8.95 Å². The Kier molecular flexibility index (Phi) is 2.41. The molecule has 0 atom stereocenters. The Hall–Kier alpha value is 0.0400. The van der Waals surface area contributed by atoms with E-state index in [9.17, 15) is 8.78 Å². The smallest absolute Gasteiger partial charge is 0.138 e. The molecular weight excluding hydrogens is 270 g/mol. The van der Waals surface area contributed by atoms with Crippen LogP contribution in [0.5, 0.6) is 0 Å². The first-order valence-electron chi connectivity index (χ1n) is 2.42. The fraction of sp³-hybridized carbons (Fsp3) is 0. The van der Waals surface area contributed by atoms with Gasteiger partial charge in [0.2, 0.25) is 0 Å². The van der Waals surface area contributed by atoms with Crippen molar-refractivity contribution in [2.75, 3.05) is 0 Å². The summed E-state index contributed by atoms with van der Waals surface area (Å²) in [5, 5.41) is 0. The first-order chi connectivity index (χ1) is 4.63. The fourth-order valence-corrected chi connectivity index (χ4v) is 1.15. The molecule has 0 fully saturated rings. The molecule has 0 saturated heterocycles. The molecule has 10 heavy (non-hydrogen) atoms. The molecule has 0 saturated carbocycles. The van der Waals surface area contributed by atoms with E-state index in [0.717, 1.165) is 12.1 Å². The van der Waals surface area contributed by atoms with Gasteiger partial charge in [-0.15, -0.1) is 0 Å². The number of halogens is 4. The van der Waals surface area contributed by atoms with E-state index in [4.69, 9.17) is 0 Å². The van der Waals surface area contributed by atoms with E-state index in [1.54, 1.807) is 0 Å². The van der Waals surface area contributed by atoms with Gasteiger partial charge in [0.25, 0.3) is 0 Å². The topological polar surface area (TPSA) is 0 Å². The van der Waals surface area contributed by atoms with Crippen LogP contribution in [-0.2, 0) is 0 Å². The zero-order chi connectivity index (χ0) is 7.72. The Bertz CT molecular complexity index is 233. The van der Waals surface area contributed by atoms with E-state index in [1.165, 1.54) is 0 Å². The summed E-state index contributed by atoms with van der Waals surface area (Å²) in [5.41, 5.74) is 0. The van der Waals surface area contributed by atoms with Gasteiger partial charge in [-0.05, 0) is 44.0 Å². The average Bonchev–Trinajstić information content (AvgIpc) is 1.93. The van der Waals surface area contributed by atoms with Crippen LogP contribution in [0.1, 0.15) is 0 Å². The van der Waals surface area contributed by atoms with Crippen molar-refractivity contribution in [2.45, 2.75) is 0 Å². The van der Waals surface area contributed by atoms with Crippen LogP contribution in [-0.4, -0.2) is 0 Å². The monoisotopic (exact) mass is 270 g/mol. The molecule has 0 aliphatic heterocycles. The third-order valence-corrected chi connectivity index (χ3v) is 3.07. The molecule has 1 aromatic carbocycles. The van der Waals surface area contributed by atoms with Crippen LogP contribution in [0.2, 0.25) is 0 Å². The van der Waals surface area contributed by atoms with Crippen LogP contribution >= 0.6 is 31.9 Å². The quantitative estimate of drug-likeness (QED) is 0.501. The minimum Gasteiger partial charge on any atom is -0.206 e. The molecule has 0 spiro atoms. The number of hydrogen-bond donors (Lipinski definition) is 0.